The number of thiocarbonyl (C=S) groups is 1. The van der Waals surface area contributed by atoms with Gasteiger partial charge >= 0.3 is 0 Å². The third kappa shape index (κ3) is 2.96. The number of nitrogens with one attached hydrogen (secondary N) is 1. The summed E-state index contributed by atoms with van der Waals surface area (Å²) in [6, 6.07) is -0.0231. The van der Waals surface area contributed by atoms with E-state index in [1.54, 1.807) is 0 Å². The number of hydrogen-bond donors (Lipinski definition) is 2. The zero-order valence-electron chi connectivity index (χ0n) is 5.78. The van der Waals surface area contributed by atoms with E-state index in [0.29, 0.717) is 10.7 Å². The highest BCUT2D eigenvalue weighted by molar-refractivity contribution is 8.11. The lowest BCUT2D eigenvalue weighted by atomic mass is 10.3. The number of sulfone groups is 1. The Kier molecular flexibility index (Phi) is 2.77. The topological polar surface area (TPSA) is 46.2 Å². The van der Waals surface area contributed by atoms with Crippen LogP contribution in [0.5, 0.6) is 0 Å². The molecule has 6 heteroatoms. The lowest BCUT2D eigenvalue weighted by Crippen LogP contribution is -2.31. The van der Waals surface area contributed by atoms with Gasteiger partial charge in [0.2, 0.25) is 0 Å². The van der Waals surface area contributed by atoms with Gasteiger partial charge in [0.15, 0.2) is 9.84 Å². The van der Waals surface area contributed by atoms with Gasteiger partial charge in [0, 0.05) is 6.04 Å². The fraction of sp³-hybridized carbons (Fsp3) is 0.800. The highest BCUT2D eigenvalue weighted by Gasteiger charge is 2.27. The predicted octanol–water partition coefficient (Wildman–Crippen LogP) is -0.0222. The van der Waals surface area contributed by atoms with Crippen LogP contribution in [0.1, 0.15) is 6.42 Å². The van der Waals surface area contributed by atoms with Crippen LogP contribution in [0.3, 0.4) is 0 Å². The maximum atomic E-state index is 10.9. The number of rotatable bonds is 1. The van der Waals surface area contributed by atoms with Crippen LogP contribution in [0.2, 0.25) is 0 Å². The fourth-order valence-corrected chi connectivity index (χ4v) is 3.11. The average molecular weight is 211 g/mol. The zero-order valence-corrected chi connectivity index (χ0v) is 8.31. The van der Waals surface area contributed by atoms with E-state index in [2.05, 4.69) is 30.2 Å². The van der Waals surface area contributed by atoms with E-state index in [9.17, 15) is 8.42 Å². The van der Waals surface area contributed by atoms with E-state index in [1.165, 1.54) is 0 Å². The predicted molar refractivity (Wildman–Crippen MR) is 51.8 cm³/mol. The van der Waals surface area contributed by atoms with Crippen molar-refractivity contribution in [3.63, 3.8) is 0 Å². The minimum atomic E-state index is -2.80. The molecule has 1 aliphatic heterocycles. The van der Waals surface area contributed by atoms with E-state index < -0.39 is 9.84 Å². The molecule has 1 atom stereocenters. The minimum absolute atomic E-state index is 0.0231. The quantitative estimate of drug-likeness (QED) is 0.472. The maximum absolute atomic E-state index is 10.9. The van der Waals surface area contributed by atoms with Crippen molar-refractivity contribution in [3.8, 4) is 0 Å². The molecule has 0 saturated carbocycles. The molecule has 1 rings (SSSR count). The molecule has 64 valence electrons. The lowest BCUT2D eigenvalue weighted by Gasteiger charge is -2.08. The lowest BCUT2D eigenvalue weighted by molar-refractivity contribution is 0.600. The average Bonchev–Trinajstić information content (AvgIpc) is 2.08. The molecular weight excluding hydrogens is 202 g/mol. The summed E-state index contributed by atoms with van der Waals surface area (Å²) in [7, 11) is -2.80. The second-order valence-corrected chi connectivity index (χ2v) is 5.94. The summed E-state index contributed by atoms with van der Waals surface area (Å²) in [6.07, 6.45) is 0.642. The van der Waals surface area contributed by atoms with Crippen molar-refractivity contribution >= 4 is 39.0 Å². The molecule has 1 heterocycles. The van der Waals surface area contributed by atoms with Crippen LogP contribution in [-0.2, 0) is 9.84 Å². The van der Waals surface area contributed by atoms with Crippen molar-refractivity contribution in [1.29, 1.82) is 0 Å². The Morgan fingerprint density at radius 1 is 1.64 bits per heavy atom. The highest BCUT2D eigenvalue weighted by atomic mass is 32.2. The van der Waals surface area contributed by atoms with E-state index in [-0.39, 0.29) is 17.5 Å². The van der Waals surface area contributed by atoms with Crippen LogP contribution in [0.15, 0.2) is 0 Å². The molecule has 0 bridgehead atoms. The molecule has 1 N–H and O–H groups in total. The first kappa shape index (κ1) is 9.28. The van der Waals surface area contributed by atoms with Crippen molar-refractivity contribution < 1.29 is 8.42 Å². The standard InChI is InChI=1S/C5H9NO2S3/c7-11(8)2-1-4(3-11)6-5(9)10/h4H,1-3H2,(H2,6,9,10)/t4-/m0/s1. The molecule has 0 radical (unpaired) electrons. The molecule has 0 spiro atoms. The summed E-state index contributed by atoms with van der Waals surface area (Å²) < 4.78 is 22.2. The molecule has 0 unspecified atom stereocenters. The van der Waals surface area contributed by atoms with Gasteiger partial charge < -0.3 is 5.32 Å². The molecule has 0 aromatic carbocycles. The minimum Gasteiger partial charge on any atom is -0.367 e. The van der Waals surface area contributed by atoms with Crippen LogP contribution in [0, 0.1) is 0 Å². The van der Waals surface area contributed by atoms with Crippen molar-refractivity contribution in [2.24, 2.45) is 0 Å². The van der Waals surface area contributed by atoms with Gasteiger partial charge in [-0.1, -0.05) is 12.2 Å². The summed E-state index contributed by atoms with van der Waals surface area (Å²) in [5, 5.41) is 2.81. The summed E-state index contributed by atoms with van der Waals surface area (Å²) in [6.45, 7) is 0. The second kappa shape index (κ2) is 3.28. The van der Waals surface area contributed by atoms with E-state index in [0.717, 1.165) is 0 Å². The molecule has 3 nitrogen and oxygen atoms in total. The Morgan fingerprint density at radius 2 is 2.27 bits per heavy atom. The third-order valence-corrected chi connectivity index (χ3v) is 3.57. The molecule has 0 aromatic heterocycles. The van der Waals surface area contributed by atoms with Gasteiger partial charge in [-0.15, -0.1) is 12.6 Å². The number of hydrogen-bond acceptors (Lipinski definition) is 3. The van der Waals surface area contributed by atoms with Crippen molar-refractivity contribution in [2.75, 3.05) is 11.5 Å². The Balaban J connectivity index is 2.49. The Hall–Kier alpha value is 0.190. The SMILES string of the molecule is O=S1(=O)CC[C@H](NC(=S)S)C1. The van der Waals surface area contributed by atoms with Gasteiger partial charge in [0.1, 0.15) is 4.32 Å². The van der Waals surface area contributed by atoms with Crippen molar-refractivity contribution in [1.82, 2.24) is 5.32 Å². The van der Waals surface area contributed by atoms with Crippen LogP contribution in [-0.4, -0.2) is 30.3 Å². The highest BCUT2D eigenvalue weighted by Crippen LogP contribution is 2.11. The first-order chi connectivity index (χ1) is 4.99. The van der Waals surface area contributed by atoms with Gasteiger partial charge in [-0.2, -0.15) is 0 Å². The molecule has 0 aromatic rings. The van der Waals surface area contributed by atoms with E-state index in [4.69, 9.17) is 0 Å². The first-order valence-corrected chi connectivity index (χ1v) is 5.87. The van der Waals surface area contributed by atoms with Crippen molar-refractivity contribution in [2.45, 2.75) is 12.5 Å². The van der Waals surface area contributed by atoms with E-state index >= 15 is 0 Å². The van der Waals surface area contributed by atoms with Gasteiger partial charge in [-0.05, 0) is 6.42 Å². The number of thiol groups is 1. The maximum Gasteiger partial charge on any atom is 0.152 e. The monoisotopic (exact) mass is 211 g/mol. The van der Waals surface area contributed by atoms with Gasteiger partial charge in [-0.25, -0.2) is 8.42 Å². The third-order valence-electron chi connectivity index (χ3n) is 1.56. The molecule has 11 heavy (non-hydrogen) atoms. The largest absolute Gasteiger partial charge is 0.367 e. The molecule has 0 amide bonds. The smallest absolute Gasteiger partial charge is 0.152 e. The normalized spacial score (nSPS) is 28.3. The Morgan fingerprint density at radius 3 is 2.64 bits per heavy atom. The second-order valence-electron chi connectivity index (χ2n) is 2.55. The van der Waals surface area contributed by atoms with Gasteiger partial charge in [0.25, 0.3) is 0 Å². The Labute approximate surface area is 76.9 Å². The van der Waals surface area contributed by atoms with E-state index in [1.807, 2.05) is 0 Å². The van der Waals surface area contributed by atoms with Crippen LogP contribution >= 0.6 is 24.8 Å². The van der Waals surface area contributed by atoms with Gasteiger partial charge in [-0.3, -0.25) is 0 Å². The van der Waals surface area contributed by atoms with Crippen LogP contribution < -0.4 is 5.32 Å². The molecule has 0 aliphatic carbocycles. The summed E-state index contributed by atoms with van der Waals surface area (Å²) in [5.41, 5.74) is 0. The molecule has 1 aliphatic rings. The summed E-state index contributed by atoms with van der Waals surface area (Å²) >= 11 is 8.52. The van der Waals surface area contributed by atoms with Gasteiger partial charge in [0.05, 0.1) is 11.5 Å². The zero-order chi connectivity index (χ0) is 8.48. The van der Waals surface area contributed by atoms with Crippen LogP contribution in [0.4, 0.5) is 0 Å². The summed E-state index contributed by atoms with van der Waals surface area (Å²) in [5.74, 6) is 0.453. The van der Waals surface area contributed by atoms with Crippen molar-refractivity contribution in [3.05, 3.63) is 0 Å². The first-order valence-electron chi connectivity index (χ1n) is 3.19. The Bertz CT molecular complexity index is 259. The summed E-state index contributed by atoms with van der Waals surface area (Å²) in [4.78, 5) is 0. The molecular formula is C5H9NO2S3. The molecule has 1 fully saturated rings. The molecule has 1 saturated heterocycles. The fourth-order valence-electron chi connectivity index (χ4n) is 1.08. The van der Waals surface area contributed by atoms with Crippen LogP contribution in [0.25, 0.3) is 0 Å².